The smallest absolute Gasteiger partial charge is 0.239 e. The van der Waals surface area contributed by atoms with Gasteiger partial charge in [0.05, 0.1) is 17.1 Å². The number of nitrogens with one attached hydrogen (secondary N) is 1. The van der Waals surface area contributed by atoms with Gasteiger partial charge in [-0.2, -0.15) is 0 Å². The Hall–Kier alpha value is -1.63. The molecule has 0 spiro atoms. The molecule has 7 heteroatoms. The summed E-state index contributed by atoms with van der Waals surface area (Å²) in [6.07, 6.45) is 4.58. The summed E-state index contributed by atoms with van der Waals surface area (Å²) < 4.78 is 24.0. The first-order chi connectivity index (χ1) is 8.97. The molecule has 0 saturated heterocycles. The Morgan fingerprint density at radius 2 is 2.05 bits per heavy atom. The van der Waals surface area contributed by atoms with Crippen LogP contribution in [0.25, 0.3) is 0 Å². The molecule has 0 radical (unpaired) electrons. The van der Waals surface area contributed by atoms with Crippen molar-refractivity contribution >= 4 is 27.2 Å². The van der Waals surface area contributed by atoms with Crippen LogP contribution in [0.3, 0.4) is 0 Å². The first-order valence-electron chi connectivity index (χ1n) is 6.20. The van der Waals surface area contributed by atoms with Crippen molar-refractivity contribution in [2.75, 3.05) is 16.8 Å². The van der Waals surface area contributed by atoms with Gasteiger partial charge in [0.2, 0.25) is 5.91 Å². The fourth-order valence-corrected chi connectivity index (χ4v) is 3.95. The molecular formula is C12H17N3O3S. The molecule has 1 aromatic rings. The largest absolute Gasteiger partial charge is 0.384 e. The van der Waals surface area contributed by atoms with Crippen LogP contribution in [0.1, 0.15) is 25.7 Å². The minimum atomic E-state index is -3.34. The van der Waals surface area contributed by atoms with E-state index in [1.54, 1.807) is 12.1 Å². The zero-order valence-corrected chi connectivity index (χ0v) is 11.3. The number of hydrogen-bond donors (Lipinski definition) is 2. The van der Waals surface area contributed by atoms with Gasteiger partial charge in [-0.3, -0.25) is 4.79 Å². The van der Waals surface area contributed by atoms with E-state index in [1.165, 1.54) is 6.20 Å². The molecule has 1 amide bonds. The lowest BCUT2D eigenvalue weighted by molar-refractivity contribution is -0.113. The summed E-state index contributed by atoms with van der Waals surface area (Å²) in [6.45, 7) is 0. The molecule has 2 rings (SSSR count). The van der Waals surface area contributed by atoms with Gasteiger partial charge in [-0.15, -0.1) is 0 Å². The van der Waals surface area contributed by atoms with E-state index in [1.807, 2.05) is 0 Å². The lowest BCUT2D eigenvalue weighted by Gasteiger charge is -2.11. The standard InChI is InChI=1S/C12H17N3O3S/c13-11-6-5-9(7-14-11)15-12(16)8-19(17,18)10-3-1-2-4-10/h5-7,10H,1-4,8H2,(H2,13,14)(H,15,16). The first-order valence-corrected chi connectivity index (χ1v) is 7.92. The van der Waals surface area contributed by atoms with Gasteiger partial charge in [-0.05, 0) is 25.0 Å². The van der Waals surface area contributed by atoms with E-state index in [0.29, 0.717) is 24.3 Å². The zero-order valence-electron chi connectivity index (χ0n) is 10.5. The van der Waals surface area contributed by atoms with Gasteiger partial charge < -0.3 is 11.1 Å². The van der Waals surface area contributed by atoms with Crippen LogP contribution in [-0.2, 0) is 14.6 Å². The number of nitrogens with zero attached hydrogens (tertiary/aromatic N) is 1. The maximum absolute atomic E-state index is 12.0. The third-order valence-electron chi connectivity index (χ3n) is 3.21. The Bertz CT molecular complexity index is 548. The molecule has 6 nitrogen and oxygen atoms in total. The van der Waals surface area contributed by atoms with E-state index in [0.717, 1.165) is 12.8 Å². The number of carbonyl (C=O) groups excluding carboxylic acids is 1. The number of pyridine rings is 1. The highest BCUT2D eigenvalue weighted by Crippen LogP contribution is 2.25. The Morgan fingerprint density at radius 1 is 1.37 bits per heavy atom. The van der Waals surface area contributed by atoms with Gasteiger partial charge in [0.1, 0.15) is 11.6 Å². The first kappa shape index (κ1) is 13.8. The predicted octanol–water partition coefficient (Wildman–Crippen LogP) is 0.960. The van der Waals surface area contributed by atoms with E-state index in [4.69, 9.17) is 5.73 Å². The number of nitrogen functional groups attached to an aromatic ring is 1. The number of aromatic nitrogens is 1. The zero-order chi connectivity index (χ0) is 13.9. The summed E-state index contributed by atoms with van der Waals surface area (Å²) in [5.41, 5.74) is 5.87. The number of anilines is 2. The highest BCUT2D eigenvalue weighted by atomic mass is 32.2. The summed E-state index contributed by atoms with van der Waals surface area (Å²) >= 11 is 0. The molecule has 3 N–H and O–H groups in total. The maximum atomic E-state index is 12.0. The second kappa shape index (κ2) is 5.56. The molecule has 1 aliphatic carbocycles. The highest BCUT2D eigenvalue weighted by molar-refractivity contribution is 7.92. The second-order valence-corrected chi connectivity index (χ2v) is 7.01. The Labute approximate surface area is 112 Å². The maximum Gasteiger partial charge on any atom is 0.239 e. The molecule has 1 aliphatic rings. The fourth-order valence-electron chi connectivity index (χ4n) is 2.22. The molecule has 0 bridgehead atoms. The molecule has 104 valence electrons. The molecule has 1 aromatic heterocycles. The number of carbonyl (C=O) groups is 1. The molecular weight excluding hydrogens is 266 g/mol. The van der Waals surface area contributed by atoms with E-state index < -0.39 is 21.5 Å². The third kappa shape index (κ3) is 3.66. The fraction of sp³-hybridized carbons (Fsp3) is 0.500. The van der Waals surface area contributed by atoms with Crippen LogP contribution in [0, 0.1) is 0 Å². The molecule has 0 atom stereocenters. The highest BCUT2D eigenvalue weighted by Gasteiger charge is 2.30. The second-order valence-electron chi connectivity index (χ2n) is 4.73. The lowest BCUT2D eigenvalue weighted by Crippen LogP contribution is -2.29. The van der Waals surface area contributed by atoms with Crippen molar-refractivity contribution in [2.45, 2.75) is 30.9 Å². The molecule has 19 heavy (non-hydrogen) atoms. The van der Waals surface area contributed by atoms with E-state index in [-0.39, 0.29) is 5.25 Å². The summed E-state index contributed by atoms with van der Waals surface area (Å²) in [5, 5.41) is 2.15. The normalized spacial score (nSPS) is 16.4. The predicted molar refractivity (Wildman–Crippen MR) is 73.3 cm³/mol. The van der Waals surface area contributed by atoms with Crippen LogP contribution >= 0.6 is 0 Å². The Morgan fingerprint density at radius 3 is 2.63 bits per heavy atom. The van der Waals surface area contributed by atoms with Gasteiger partial charge in [-0.25, -0.2) is 13.4 Å². The minimum absolute atomic E-state index is 0.344. The average molecular weight is 283 g/mol. The molecule has 1 fully saturated rings. The van der Waals surface area contributed by atoms with Gasteiger partial charge in [0.25, 0.3) is 0 Å². The van der Waals surface area contributed by atoms with Crippen LogP contribution in [0.4, 0.5) is 11.5 Å². The number of hydrogen-bond acceptors (Lipinski definition) is 5. The van der Waals surface area contributed by atoms with Crippen LogP contribution in [0.5, 0.6) is 0 Å². The summed E-state index contributed by atoms with van der Waals surface area (Å²) in [7, 11) is -3.34. The van der Waals surface area contributed by atoms with Gasteiger partial charge in [0, 0.05) is 0 Å². The van der Waals surface area contributed by atoms with Crippen molar-refractivity contribution in [1.82, 2.24) is 4.98 Å². The van der Waals surface area contributed by atoms with Gasteiger partial charge in [0.15, 0.2) is 9.84 Å². The minimum Gasteiger partial charge on any atom is -0.384 e. The topological polar surface area (TPSA) is 102 Å². The Balaban J connectivity index is 1.95. The molecule has 0 aromatic carbocycles. The molecule has 1 heterocycles. The van der Waals surface area contributed by atoms with Crippen LogP contribution in [0.15, 0.2) is 18.3 Å². The Kier molecular flexibility index (Phi) is 4.04. The molecule has 0 aliphatic heterocycles. The summed E-state index contributed by atoms with van der Waals surface area (Å²) in [6, 6.07) is 3.13. The van der Waals surface area contributed by atoms with Crippen molar-refractivity contribution in [3.63, 3.8) is 0 Å². The van der Waals surface area contributed by atoms with Crippen molar-refractivity contribution in [3.05, 3.63) is 18.3 Å². The van der Waals surface area contributed by atoms with E-state index >= 15 is 0 Å². The monoisotopic (exact) mass is 283 g/mol. The van der Waals surface area contributed by atoms with E-state index in [9.17, 15) is 13.2 Å². The SMILES string of the molecule is Nc1ccc(NC(=O)CS(=O)(=O)C2CCCC2)cn1. The van der Waals surface area contributed by atoms with Crippen molar-refractivity contribution in [2.24, 2.45) is 0 Å². The van der Waals surface area contributed by atoms with Gasteiger partial charge >= 0.3 is 0 Å². The van der Waals surface area contributed by atoms with Gasteiger partial charge in [-0.1, -0.05) is 12.8 Å². The van der Waals surface area contributed by atoms with Crippen LogP contribution in [0.2, 0.25) is 0 Å². The van der Waals surface area contributed by atoms with Crippen molar-refractivity contribution in [1.29, 1.82) is 0 Å². The molecule has 1 saturated carbocycles. The summed E-state index contributed by atoms with van der Waals surface area (Å²) in [5.74, 6) is -0.655. The summed E-state index contributed by atoms with van der Waals surface area (Å²) in [4.78, 5) is 15.5. The van der Waals surface area contributed by atoms with Crippen molar-refractivity contribution in [3.8, 4) is 0 Å². The quantitative estimate of drug-likeness (QED) is 0.856. The van der Waals surface area contributed by atoms with E-state index in [2.05, 4.69) is 10.3 Å². The lowest BCUT2D eigenvalue weighted by atomic mass is 10.4. The number of sulfone groups is 1. The van der Waals surface area contributed by atoms with Crippen LogP contribution < -0.4 is 11.1 Å². The molecule has 0 unspecified atom stereocenters. The number of rotatable bonds is 4. The number of nitrogens with two attached hydrogens (primary N) is 1. The average Bonchev–Trinajstić information content (AvgIpc) is 2.85. The van der Waals surface area contributed by atoms with Crippen LogP contribution in [-0.4, -0.2) is 30.3 Å². The van der Waals surface area contributed by atoms with Crippen molar-refractivity contribution < 1.29 is 13.2 Å². The number of amides is 1. The third-order valence-corrected chi connectivity index (χ3v) is 5.36.